The van der Waals surface area contributed by atoms with Gasteiger partial charge in [0.15, 0.2) is 5.60 Å². The van der Waals surface area contributed by atoms with Gasteiger partial charge in [0.05, 0.1) is 19.1 Å². The van der Waals surface area contributed by atoms with E-state index in [2.05, 4.69) is 9.84 Å². The minimum absolute atomic E-state index is 0.128. The van der Waals surface area contributed by atoms with E-state index in [0.717, 1.165) is 17.0 Å². The maximum atomic E-state index is 13.6. The Kier molecular flexibility index (Phi) is 4.67. The fourth-order valence-electron chi connectivity index (χ4n) is 3.82. The number of methoxy groups -OCH3 is 1. The lowest BCUT2D eigenvalue weighted by Crippen LogP contribution is -2.72. The minimum atomic E-state index is -4.58. The summed E-state index contributed by atoms with van der Waals surface area (Å²) < 4.78 is 71.0. The number of hydrazone groups is 1. The van der Waals surface area contributed by atoms with E-state index in [1.165, 1.54) is 6.21 Å². The van der Waals surface area contributed by atoms with Crippen LogP contribution in [-0.4, -0.2) is 72.5 Å². The number of carbonyl (C=O) groups excluding carboxylic acids is 1. The van der Waals surface area contributed by atoms with Gasteiger partial charge in [0.2, 0.25) is 0 Å². The van der Waals surface area contributed by atoms with Gasteiger partial charge in [0, 0.05) is 26.2 Å². The zero-order valence-electron chi connectivity index (χ0n) is 13.7. The van der Waals surface area contributed by atoms with Crippen molar-refractivity contribution in [2.75, 3.05) is 20.2 Å². The van der Waals surface area contributed by atoms with Gasteiger partial charge in [-0.25, -0.2) is 18.6 Å². The first-order valence-electron chi connectivity index (χ1n) is 8.17. The number of carbonyl (C=O) groups is 1. The van der Waals surface area contributed by atoms with Crippen molar-refractivity contribution in [2.24, 2.45) is 11.0 Å². The van der Waals surface area contributed by atoms with Crippen molar-refractivity contribution < 1.29 is 31.5 Å². The number of ether oxygens (including phenoxy) is 1. The van der Waals surface area contributed by atoms with Crippen LogP contribution in [0.5, 0.6) is 0 Å². The van der Waals surface area contributed by atoms with Gasteiger partial charge < -0.3 is 9.64 Å². The molecule has 0 spiro atoms. The molecule has 10 heteroatoms. The molecule has 3 rings (SSSR count). The highest BCUT2D eigenvalue weighted by Gasteiger charge is 2.64. The SMILES string of the molecule is COC1(C(F)(F)F)CN(C(=O)N2N=CC[C@H]2C2CC(F)CC(F)C2)C1. The van der Waals surface area contributed by atoms with Crippen LogP contribution < -0.4 is 0 Å². The summed E-state index contributed by atoms with van der Waals surface area (Å²) in [5.74, 6) is -0.402. The predicted octanol–water partition coefficient (Wildman–Crippen LogP) is 2.91. The first-order valence-corrected chi connectivity index (χ1v) is 8.17. The standard InChI is InChI=1S/C15H20F5N3O2/c1-25-14(15(18,19)20)7-22(8-14)13(24)23-12(2-3-21-23)9-4-10(16)6-11(17)5-9/h3,9-12H,2,4-8H2,1H3/t9?,10?,11?,12-/m0/s1. The lowest BCUT2D eigenvalue weighted by Gasteiger charge is -2.50. The molecule has 0 aromatic rings. The topological polar surface area (TPSA) is 45.1 Å². The lowest BCUT2D eigenvalue weighted by atomic mass is 9.81. The smallest absolute Gasteiger partial charge is 0.365 e. The first kappa shape index (κ1) is 18.3. The quantitative estimate of drug-likeness (QED) is 0.703. The lowest BCUT2D eigenvalue weighted by molar-refractivity contribution is -0.304. The monoisotopic (exact) mass is 369 g/mol. The second kappa shape index (κ2) is 6.37. The van der Waals surface area contributed by atoms with Crippen molar-refractivity contribution >= 4 is 12.2 Å². The highest BCUT2D eigenvalue weighted by atomic mass is 19.4. The van der Waals surface area contributed by atoms with Gasteiger partial charge in [0.1, 0.15) is 12.3 Å². The van der Waals surface area contributed by atoms with Crippen LogP contribution in [0.2, 0.25) is 0 Å². The summed E-state index contributed by atoms with van der Waals surface area (Å²) in [6, 6.07) is -1.21. The van der Waals surface area contributed by atoms with E-state index in [1.54, 1.807) is 0 Å². The van der Waals surface area contributed by atoms with E-state index in [1.807, 2.05) is 0 Å². The number of rotatable bonds is 2. The van der Waals surface area contributed by atoms with Crippen LogP contribution in [0, 0.1) is 5.92 Å². The molecule has 3 aliphatic rings. The molecule has 1 saturated carbocycles. The molecule has 142 valence electrons. The van der Waals surface area contributed by atoms with E-state index < -0.39 is 55.2 Å². The van der Waals surface area contributed by atoms with Crippen LogP contribution in [0.4, 0.5) is 26.7 Å². The molecule has 0 aromatic heterocycles. The zero-order valence-corrected chi connectivity index (χ0v) is 13.7. The molecule has 2 unspecified atom stereocenters. The van der Waals surface area contributed by atoms with Crippen molar-refractivity contribution in [3.8, 4) is 0 Å². The fourth-order valence-corrected chi connectivity index (χ4v) is 3.82. The van der Waals surface area contributed by atoms with Gasteiger partial charge in [-0.3, -0.25) is 0 Å². The van der Waals surface area contributed by atoms with E-state index in [9.17, 15) is 26.7 Å². The molecule has 5 nitrogen and oxygen atoms in total. The second-order valence-electron chi connectivity index (χ2n) is 6.94. The molecule has 2 heterocycles. The molecule has 1 aliphatic carbocycles. The Hall–Kier alpha value is -1.45. The van der Waals surface area contributed by atoms with Crippen molar-refractivity contribution in [2.45, 2.75) is 55.8 Å². The number of hydrogen-bond donors (Lipinski definition) is 0. The predicted molar refractivity (Wildman–Crippen MR) is 78.6 cm³/mol. The van der Waals surface area contributed by atoms with Gasteiger partial charge in [-0.05, 0) is 18.8 Å². The summed E-state index contributed by atoms with van der Waals surface area (Å²) in [6.45, 7) is -1.24. The molecule has 0 radical (unpaired) electrons. The number of hydrogen-bond acceptors (Lipinski definition) is 3. The summed E-state index contributed by atoms with van der Waals surface area (Å²) in [6.07, 6.45) is -5.22. The normalized spacial score (nSPS) is 35.0. The molecule has 0 N–H and O–H groups in total. The van der Waals surface area contributed by atoms with Crippen molar-refractivity contribution in [3.63, 3.8) is 0 Å². The highest BCUT2D eigenvalue weighted by Crippen LogP contribution is 2.42. The molecule has 2 aliphatic heterocycles. The molecule has 2 fully saturated rings. The third-order valence-electron chi connectivity index (χ3n) is 5.31. The molecular weight excluding hydrogens is 349 g/mol. The summed E-state index contributed by atoms with van der Waals surface area (Å²) in [4.78, 5) is 13.5. The Balaban J connectivity index is 1.65. The minimum Gasteiger partial charge on any atom is -0.365 e. The summed E-state index contributed by atoms with van der Waals surface area (Å²) in [5.41, 5.74) is -2.36. The Morgan fingerprint density at radius 2 is 1.80 bits per heavy atom. The van der Waals surface area contributed by atoms with Gasteiger partial charge in [-0.1, -0.05) is 0 Å². The highest BCUT2D eigenvalue weighted by molar-refractivity contribution is 5.79. The van der Waals surface area contributed by atoms with Crippen LogP contribution in [0.3, 0.4) is 0 Å². The average molecular weight is 369 g/mol. The first-order chi connectivity index (χ1) is 11.7. The molecule has 2 amide bonds. The molecular formula is C15H20F5N3O2. The van der Waals surface area contributed by atoms with Gasteiger partial charge in [0.25, 0.3) is 0 Å². The Bertz CT molecular complexity index is 540. The average Bonchev–Trinajstić information content (AvgIpc) is 2.93. The van der Waals surface area contributed by atoms with E-state index in [-0.39, 0.29) is 19.3 Å². The van der Waals surface area contributed by atoms with Gasteiger partial charge in [-0.2, -0.15) is 18.3 Å². The second-order valence-corrected chi connectivity index (χ2v) is 6.94. The molecule has 25 heavy (non-hydrogen) atoms. The number of amides is 2. The maximum absolute atomic E-state index is 13.6. The summed E-state index contributed by atoms with van der Waals surface area (Å²) in [5, 5.41) is 5.01. The van der Waals surface area contributed by atoms with E-state index in [4.69, 9.17) is 0 Å². The van der Waals surface area contributed by atoms with Crippen molar-refractivity contribution in [3.05, 3.63) is 0 Å². The van der Waals surface area contributed by atoms with Gasteiger partial charge >= 0.3 is 12.2 Å². The maximum Gasteiger partial charge on any atom is 0.420 e. The van der Waals surface area contributed by atoms with E-state index in [0.29, 0.717) is 6.42 Å². The van der Waals surface area contributed by atoms with Crippen LogP contribution >= 0.6 is 0 Å². The molecule has 3 atom stereocenters. The third kappa shape index (κ3) is 3.20. The third-order valence-corrected chi connectivity index (χ3v) is 5.31. The largest absolute Gasteiger partial charge is 0.420 e. The van der Waals surface area contributed by atoms with Crippen LogP contribution in [0.25, 0.3) is 0 Å². The Morgan fingerprint density at radius 3 is 2.32 bits per heavy atom. The fraction of sp³-hybridized carbons (Fsp3) is 0.867. The number of urea groups is 1. The van der Waals surface area contributed by atoms with E-state index >= 15 is 0 Å². The molecule has 0 bridgehead atoms. The molecule has 1 saturated heterocycles. The van der Waals surface area contributed by atoms with Crippen molar-refractivity contribution in [1.82, 2.24) is 9.91 Å². The van der Waals surface area contributed by atoms with Crippen LogP contribution in [0.15, 0.2) is 5.10 Å². The Labute approximate surface area is 141 Å². The van der Waals surface area contributed by atoms with Crippen LogP contribution in [0.1, 0.15) is 25.7 Å². The molecule has 0 aromatic carbocycles. The number of likely N-dealkylation sites (tertiary alicyclic amines) is 1. The number of halogens is 5. The zero-order chi connectivity index (χ0) is 18.4. The van der Waals surface area contributed by atoms with Crippen molar-refractivity contribution in [1.29, 1.82) is 0 Å². The van der Waals surface area contributed by atoms with Crippen LogP contribution in [-0.2, 0) is 4.74 Å². The summed E-state index contributed by atoms with van der Waals surface area (Å²) >= 11 is 0. The number of alkyl halides is 5. The Morgan fingerprint density at radius 1 is 1.20 bits per heavy atom. The van der Waals surface area contributed by atoms with Gasteiger partial charge in [-0.15, -0.1) is 0 Å². The summed E-state index contributed by atoms with van der Waals surface area (Å²) in [7, 11) is 0.955. The number of nitrogens with zero attached hydrogens (tertiary/aromatic N) is 3.